The molecular weight excluding hydrogens is 678 g/mol. The first kappa shape index (κ1) is 38.0. The van der Waals surface area contributed by atoms with Gasteiger partial charge in [-0.1, -0.05) is 25.4 Å². The lowest BCUT2D eigenvalue weighted by atomic mass is 10.0. The Labute approximate surface area is 301 Å². The molecule has 0 aliphatic heterocycles. The van der Waals surface area contributed by atoms with E-state index in [0.29, 0.717) is 80.0 Å². The topological polar surface area (TPSA) is 128 Å². The van der Waals surface area contributed by atoms with Gasteiger partial charge >= 0.3 is 11.9 Å². The largest absolute Gasteiger partial charge is 0.492 e. The fourth-order valence-electron chi connectivity index (χ4n) is 4.56. The van der Waals surface area contributed by atoms with Crippen molar-refractivity contribution >= 4 is 40.7 Å². The van der Waals surface area contributed by atoms with Crippen molar-refractivity contribution in [3.63, 3.8) is 0 Å². The second kappa shape index (κ2) is 17.3. The molecule has 0 aliphatic carbocycles. The van der Waals surface area contributed by atoms with Crippen LogP contribution in [0.25, 0.3) is 10.6 Å². The number of hydrogen-bond acceptors (Lipinski definition) is 11. The number of thiazole rings is 1. The Morgan fingerprint density at radius 3 is 2.20 bits per heavy atom. The number of rotatable bonds is 16. The second-order valence-corrected chi connectivity index (χ2v) is 13.9. The highest BCUT2D eigenvalue weighted by molar-refractivity contribution is 7.17. The van der Waals surface area contributed by atoms with Crippen molar-refractivity contribution in [2.75, 3.05) is 40.0 Å². The van der Waals surface area contributed by atoms with Crippen LogP contribution in [0.2, 0.25) is 5.02 Å². The Morgan fingerprint density at radius 1 is 0.960 bits per heavy atom. The van der Waals surface area contributed by atoms with Gasteiger partial charge in [0.15, 0.2) is 11.4 Å². The number of halogens is 1. The highest BCUT2D eigenvalue weighted by Crippen LogP contribution is 2.32. The van der Waals surface area contributed by atoms with Crippen molar-refractivity contribution in [3.05, 3.63) is 99.0 Å². The Hall–Kier alpha value is -4.76. The van der Waals surface area contributed by atoms with Crippen LogP contribution in [0.4, 0.5) is 0 Å². The van der Waals surface area contributed by atoms with E-state index in [1.807, 2.05) is 31.9 Å². The minimum absolute atomic E-state index is 0.105. The maximum Gasteiger partial charge on any atom is 0.350 e. The standard InChI is InChI=1S/C38H40ClN3O7S/c1-24(2)23-48-32-16-11-28(21-29(32)22-40)35-41-25(3)34(50-35)36(44)46-19-17-42(6)18-20-47-37(45)38(4,5)49-31-14-9-27(10-15-31)33(43)26-7-12-30(39)13-8-26/h7-16,21,24H,17-20,23H2,1-6H3. The quantitative estimate of drug-likeness (QED) is 0.0854. The van der Waals surface area contributed by atoms with Crippen LogP contribution in [0, 0.1) is 24.2 Å². The number of ketones is 1. The summed E-state index contributed by atoms with van der Waals surface area (Å²) >= 11 is 7.12. The number of ether oxygens (including phenoxy) is 4. The Bertz CT molecular complexity index is 1850. The normalized spacial score (nSPS) is 11.3. The maximum atomic E-state index is 12.9. The number of nitrogens with zero attached hydrogens (tertiary/aromatic N) is 3. The van der Waals surface area contributed by atoms with Crippen LogP contribution in [0.15, 0.2) is 66.7 Å². The molecule has 0 bridgehead atoms. The molecule has 0 aliphatic rings. The van der Waals surface area contributed by atoms with E-state index in [-0.39, 0.29) is 19.0 Å². The van der Waals surface area contributed by atoms with Gasteiger partial charge in [-0.3, -0.25) is 9.69 Å². The van der Waals surface area contributed by atoms with Gasteiger partial charge in [-0.25, -0.2) is 14.6 Å². The zero-order valence-corrected chi connectivity index (χ0v) is 30.5. The molecule has 0 saturated carbocycles. The molecule has 1 aromatic heterocycles. The molecule has 262 valence electrons. The molecule has 0 radical (unpaired) electrons. The summed E-state index contributed by atoms with van der Waals surface area (Å²) in [6.07, 6.45) is 0. The average Bonchev–Trinajstić information content (AvgIpc) is 3.48. The van der Waals surface area contributed by atoms with Crippen molar-refractivity contribution in [2.24, 2.45) is 5.92 Å². The number of aromatic nitrogens is 1. The van der Waals surface area contributed by atoms with Crippen LogP contribution in [0.1, 0.15) is 64.5 Å². The SMILES string of the molecule is Cc1nc(-c2ccc(OCC(C)C)c(C#N)c2)sc1C(=O)OCCN(C)CCOC(=O)C(C)(C)Oc1ccc(C(=O)c2ccc(Cl)cc2)cc1. The fraction of sp³-hybridized carbons (Fsp3) is 0.342. The van der Waals surface area contributed by atoms with Crippen LogP contribution in [0.5, 0.6) is 11.5 Å². The van der Waals surface area contributed by atoms with Crippen LogP contribution in [-0.2, 0) is 14.3 Å². The Morgan fingerprint density at radius 2 is 1.58 bits per heavy atom. The summed E-state index contributed by atoms with van der Waals surface area (Å²) in [7, 11) is 1.83. The third-order valence-electron chi connectivity index (χ3n) is 7.40. The summed E-state index contributed by atoms with van der Waals surface area (Å²) in [6, 6.07) is 20.6. The van der Waals surface area contributed by atoms with Crippen molar-refractivity contribution in [1.82, 2.24) is 9.88 Å². The summed E-state index contributed by atoms with van der Waals surface area (Å²) in [4.78, 5) is 45.2. The minimum Gasteiger partial charge on any atom is -0.492 e. The zero-order chi connectivity index (χ0) is 36.4. The maximum absolute atomic E-state index is 12.9. The fourth-order valence-corrected chi connectivity index (χ4v) is 5.64. The molecule has 4 rings (SSSR count). The van der Waals surface area contributed by atoms with E-state index in [0.717, 1.165) is 0 Å². The van der Waals surface area contributed by atoms with Crippen molar-refractivity contribution in [2.45, 2.75) is 40.2 Å². The molecule has 0 spiro atoms. The molecular formula is C38H40ClN3O7S. The predicted molar refractivity (Wildman–Crippen MR) is 192 cm³/mol. The molecule has 0 saturated heterocycles. The summed E-state index contributed by atoms with van der Waals surface area (Å²) in [5.41, 5.74) is 1.38. The number of hydrogen-bond donors (Lipinski definition) is 0. The van der Waals surface area contributed by atoms with Gasteiger partial charge in [-0.15, -0.1) is 11.3 Å². The summed E-state index contributed by atoms with van der Waals surface area (Å²) < 4.78 is 22.6. The van der Waals surface area contributed by atoms with Gasteiger partial charge < -0.3 is 18.9 Å². The summed E-state index contributed by atoms with van der Waals surface area (Å²) in [5, 5.41) is 10.8. The van der Waals surface area contributed by atoms with Gasteiger partial charge in [-0.2, -0.15) is 5.26 Å². The average molecular weight is 718 g/mol. The molecule has 0 unspecified atom stereocenters. The lowest BCUT2D eigenvalue weighted by molar-refractivity contribution is -0.159. The van der Waals surface area contributed by atoms with Gasteiger partial charge in [0, 0.05) is 34.8 Å². The lowest BCUT2D eigenvalue weighted by Gasteiger charge is -2.25. The first-order valence-corrected chi connectivity index (χ1v) is 17.2. The number of esters is 2. The molecule has 0 N–H and O–H groups in total. The molecule has 0 fully saturated rings. The number of benzene rings is 3. The molecule has 12 heteroatoms. The van der Waals surface area contributed by atoms with E-state index in [1.54, 1.807) is 81.4 Å². The number of aryl methyl sites for hydroxylation is 1. The third-order valence-corrected chi connectivity index (χ3v) is 8.84. The highest BCUT2D eigenvalue weighted by Gasteiger charge is 2.32. The van der Waals surface area contributed by atoms with Gasteiger partial charge in [0.05, 0.1) is 17.9 Å². The number of nitriles is 1. The Balaban J connectivity index is 1.20. The van der Waals surface area contributed by atoms with Crippen molar-refractivity contribution in [3.8, 4) is 28.1 Å². The van der Waals surface area contributed by atoms with Gasteiger partial charge in [-0.05, 0) is 100 Å². The van der Waals surface area contributed by atoms with E-state index in [1.165, 1.54) is 11.3 Å². The number of carbonyl (C=O) groups excluding carboxylic acids is 3. The smallest absolute Gasteiger partial charge is 0.350 e. The van der Waals surface area contributed by atoms with Gasteiger partial charge in [0.1, 0.15) is 40.7 Å². The minimum atomic E-state index is -1.28. The first-order chi connectivity index (χ1) is 23.8. The van der Waals surface area contributed by atoms with Crippen LogP contribution in [0.3, 0.4) is 0 Å². The van der Waals surface area contributed by atoms with Crippen LogP contribution >= 0.6 is 22.9 Å². The van der Waals surface area contributed by atoms with E-state index in [9.17, 15) is 19.6 Å². The molecule has 0 atom stereocenters. The highest BCUT2D eigenvalue weighted by atomic mass is 35.5. The molecule has 1 heterocycles. The predicted octanol–water partition coefficient (Wildman–Crippen LogP) is 7.40. The van der Waals surface area contributed by atoms with Crippen LogP contribution < -0.4 is 9.47 Å². The molecule has 50 heavy (non-hydrogen) atoms. The van der Waals surface area contributed by atoms with Gasteiger partial charge in [0.25, 0.3) is 0 Å². The number of likely N-dealkylation sites (N-methyl/N-ethyl adjacent to an activating group) is 1. The van der Waals surface area contributed by atoms with E-state index in [4.69, 9.17) is 30.5 Å². The molecule has 10 nitrogen and oxygen atoms in total. The van der Waals surface area contributed by atoms with Gasteiger partial charge in [0.2, 0.25) is 0 Å². The molecule has 4 aromatic rings. The molecule has 0 amide bonds. The van der Waals surface area contributed by atoms with E-state index in [2.05, 4.69) is 11.1 Å². The summed E-state index contributed by atoms with van der Waals surface area (Å²) in [5.74, 6) is 0.0732. The van der Waals surface area contributed by atoms with E-state index < -0.39 is 17.5 Å². The summed E-state index contributed by atoms with van der Waals surface area (Å²) in [6.45, 7) is 10.6. The first-order valence-electron chi connectivity index (χ1n) is 16.0. The molecule has 3 aromatic carbocycles. The monoisotopic (exact) mass is 717 g/mol. The van der Waals surface area contributed by atoms with Crippen molar-refractivity contribution in [1.29, 1.82) is 5.26 Å². The third kappa shape index (κ3) is 10.4. The van der Waals surface area contributed by atoms with E-state index >= 15 is 0 Å². The lowest BCUT2D eigenvalue weighted by Crippen LogP contribution is -2.41. The second-order valence-electron chi connectivity index (χ2n) is 12.5. The Kier molecular flexibility index (Phi) is 13.1. The zero-order valence-electron chi connectivity index (χ0n) is 28.9. The van der Waals surface area contributed by atoms with Crippen LogP contribution in [-0.4, -0.2) is 73.2 Å². The van der Waals surface area contributed by atoms with Crippen molar-refractivity contribution < 1.29 is 33.3 Å². The number of carbonyl (C=O) groups is 3.